The molecule has 1 radical (unpaired) electrons. The van der Waals surface area contributed by atoms with Gasteiger partial charge in [-0.1, -0.05) is 6.92 Å². The van der Waals surface area contributed by atoms with E-state index >= 15 is 0 Å². The second-order valence-corrected chi connectivity index (χ2v) is 2.27. The molecule has 4 nitrogen and oxygen atoms in total. The molecule has 0 atom stereocenters. The van der Waals surface area contributed by atoms with Crippen LogP contribution in [0.15, 0.2) is 4.52 Å². The van der Waals surface area contributed by atoms with Crippen molar-refractivity contribution in [2.75, 3.05) is 18.0 Å². The van der Waals surface area contributed by atoms with E-state index < -0.39 is 0 Å². The second-order valence-electron chi connectivity index (χ2n) is 2.27. The maximum atomic E-state index is 4.85. The van der Waals surface area contributed by atoms with E-state index in [-0.39, 0.29) is 0 Å². The van der Waals surface area contributed by atoms with Gasteiger partial charge in [-0.3, -0.25) is 0 Å². The quantitative estimate of drug-likeness (QED) is 0.651. The first-order valence-corrected chi connectivity index (χ1v) is 3.83. The van der Waals surface area contributed by atoms with E-state index in [2.05, 4.69) is 30.4 Å². The Hall–Kier alpha value is -1.06. The Kier molecular flexibility index (Phi) is 2.89. The maximum Gasteiger partial charge on any atom is 0.258 e. The molecule has 0 aliphatic heterocycles. The van der Waals surface area contributed by atoms with Crippen LogP contribution in [0, 0.1) is 6.20 Å². The predicted octanol–water partition coefficient (Wildman–Crippen LogP) is 1.11. The molecule has 0 aliphatic rings. The van der Waals surface area contributed by atoms with Gasteiger partial charge in [-0.05, 0) is 13.3 Å². The topological polar surface area (TPSA) is 42.2 Å². The van der Waals surface area contributed by atoms with E-state index in [0.29, 0.717) is 5.88 Å². The van der Waals surface area contributed by atoms with Crippen LogP contribution in [0.3, 0.4) is 0 Å². The van der Waals surface area contributed by atoms with E-state index in [4.69, 9.17) is 4.52 Å². The fraction of sp³-hybridized carbons (Fsp3) is 0.714. The molecule has 0 amide bonds. The van der Waals surface area contributed by atoms with E-state index in [0.717, 1.165) is 19.5 Å². The van der Waals surface area contributed by atoms with Gasteiger partial charge in [-0.15, -0.1) is 5.10 Å². The van der Waals surface area contributed by atoms with Gasteiger partial charge in [0.25, 0.3) is 5.88 Å². The summed E-state index contributed by atoms with van der Waals surface area (Å²) in [4.78, 5) is 2.04. The fourth-order valence-electron chi connectivity index (χ4n) is 0.944. The van der Waals surface area contributed by atoms with Crippen molar-refractivity contribution in [3.05, 3.63) is 6.20 Å². The van der Waals surface area contributed by atoms with Crippen molar-refractivity contribution >= 4 is 5.88 Å². The van der Waals surface area contributed by atoms with Crippen LogP contribution >= 0.6 is 0 Å². The SMILES string of the molecule is CCCN(CC)c1[c]nno1. The molecular weight excluding hydrogens is 142 g/mol. The minimum atomic E-state index is 0.634. The third-order valence-corrected chi connectivity index (χ3v) is 1.48. The molecule has 1 rings (SSSR count). The highest BCUT2D eigenvalue weighted by atomic mass is 16.5. The van der Waals surface area contributed by atoms with Gasteiger partial charge < -0.3 is 9.42 Å². The number of aromatic nitrogens is 2. The maximum absolute atomic E-state index is 4.85. The summed E-state index contributed by atoms with van der Waals surface area (Å²) in [7, 11) is 0. The van der Waals surface area contributed by atoms with Crippen molar-refractivity contribution in [2.24, 2.45) is 0 Å². The second kappa shape index (κ2) is 3.95. The Morgan fingerprint density at radius 3 is 2.82 bits per heavy atom. The monoisotopic (exact) mass is 154 g/mol. The largest absolute Gasteiger partial charge is 0.339 e. The lowest BCUT2D eigenvalue weighted by Gasteiger charge is -2.16. The van der Waals surface area contributed by atoms with Gasteiger partial charge >= 0.3 is 0 Å². The minimum Gasteiger partial charge on any atom is -0.339 e. The summed E-state index contributed by atoms with van der Waals surface area (Å²) >= 11 is 0. The first kappa shape index (κ1) is 8.04. The average Bonchev–Trinajstić information content (AvgIpc) is 2.52. The third kappa shape index (κ3) is 1.93. The Morgan fingerprint density at radius 2 is 2.36 bits per heavy atom. The van der Waals surface area contributed by atoms with Crippen molar-refractivity contribution < 1.29 is 4.52 Å². The molecule has 0 saturated heterocycles. The van der Waals surface area contributed by atoms with E-state index in [1.54, 1.807) is 0 Å². The Labute approximate surface area is 66.2 Å². The number of hydrogen-bond acceptors (Lipinski definition) is 4. The molecule has 61 valence electrons. The molecule has 1 aromatic heterocycles. The molecule has 1 aromatic rings. The van der Waals surface area contributed by atoms with Crippen LogP contribution in [0.1, 0.15) is 20.3 Å². The lowest BCUT2D eigenvalue weighted by atomic mass is 10.4. The average molecular weight is 154 g/mol. The number of anilines is 1. The van der Waals surface area contributed by atoms with Crippen LogP contribution in [0.2, 0.25) is 0 Å². The fourth-order valence-corrected chi connectivity index (χ4v) is 0.944. The van der Waals surface area contributed by atoms with Crippen LogP contribution < -0.4 is 4.90 Å². The van der Waals surface area contributed by atoms with Gasteiger partial charge in [-0.25, -0.2) is 0 Å². The summed E-state index contributed by atoms with van der Waals surface area (Å²) in [6.07, 6.45) is 3.76. The molecule has 0 saturated carbocycles. The molecule has 4 heteroatoms. The minimum absolute atomic E-state index is 0.634. The molecular formula is C7H12N3O. The normalized spacial score (nSPS) is 10.0. The van der Waals surface area contributed by atoms with E-state index in [1.807, 2.05) is 4.90 Å². The number of nitrogens with zero attached hydrogens (tertiary/aromatic N) is 3. The van der Waals surface area contributed by atoms with Crippen LogP contribution in [0.25, 0.3) is 0 Å². The summed E-state index contributed by atoms with van der Waals surface area (Å²) in [6.45, 7) is 6.05. The Morgan fingerprint density at radius 1 is 1.55 bits per heavy atom. The Bertz CT molecular complexity index is 186. The highest BCUT2D eigenvalue weighted by Gasteiger charge is 2.06. The summed E-state index contributed by atoms with van der Waals surface area (Å²) in [5, 5.41) is 6.84. The predicted molar refractivity (Wildman–Crippen MR) is 41.3 cm³/mol. The summed E-state index contributed by atoms with van der Waals surface area (Å²) in [5.41, 5.74) is 0. The van der Waals surface area contributed by atoms with Crippen molar-refractivity contribution in [3.8, 4) is 0 Å². The lowest BCUT2D eigenvalue weighted by Crippen LogP contribution is -2.22. The first-order chi connectivity index (χ1) is 5.38. The molecule has 0 spiro atoms. The van der Waals surface area contributed by atoms with Crippen molar-refractivity contribution in [3.63, 3.8) is 0 Å². The highest BCUT2D eigenvalue weighted by molar-refractivity contribution is 5.28. The van der Waals surface area contributed by atoms with Crippen molar-refractivity contribution in [1.82, 2.24) is 10.4 Å². The number of hydrogen-bond donors (Lipinski definition) is 0. The van der Waals surface area contributed by atoms with Gasteiger partial charge in [0, 0.05) is 18.4 Å². The molecule has 0 unspecified atom stereocenters. The van der Waals surface area contributed by atoms with Crippen LogP contribution in [0.5, 0.6) is 0 Å². The molecule has 0 aliphatic carbocycles. The van der Waals surface area contributed by atoms with Gasteiger partial charge in [0.05, 0.1) is 0 Å². The summed E-state index contributed by atoms with van der Waals surface area (Å²) in [6, 6.07) is 0. The van der Waals surface area contributed by atoms with E-state index in [9.17, 15) is 0 Å². The smallest absolute Gasteiger partial charge is 0.258 e. The van der Waals surface area contributed by atoms with E-state index in [1.165, 1.54) is 0 Å². The molecule has 0 bridgehead atoms. The highest BCUT2D eigenvalue weighted by Crippen LogP contribution is 2.09. The zero-order valence-electron chi connectivity index (χ0n) is 6.87. The van der Waals surface area contributed by atoms with Gasteiger partial charge in [0.2, 0.25) is 0 Å². The number of rotatable bonds is 4. The van der Waals surface area contributed by atoms with Crippen LogP contribution in [-0.2, 0) is 0 Å². The molecule has 11 heavy (non-hydrogen) atoms. The zero-order chi connectivity index (χ0) is 8.10. The molecule has 0 fully saturated rings. The van der Waals surface area contributed by atoms with Crippen molar-refractivity contribution in [1.29, 1.82) is 0 Å². The Balaban J connectivity index is 2.56. The molecule has 0 N–H and O–H groups in total. The van der Waals surface area contributed by atoms with Crippen LogP contribution in [0.4, 0.5) is 5.88 Å². The van der Waals surface area contributed by atoms with Gasteiger partial charge in [0.1, 0.15) is 0 Å². The first-order valence-electron chi connectivity index (χ1n) is 3.83. The van der Waals surface area contributed by atoms with Gasteiger partial charge in [-0.2, -0.15) is 0 Å². The summed E-state index contributed by atoms with van der Waals surface area (Å²) in [5.74, 6) is 0.634. The zero-order valence-corrected chi connectivity index (χ0v) is 6.87. The van der Waals surface area contributed by atoms with Crippen molar-refractivity contribution in [2.45, 2.75) is 20.3 Å². The standard InChI is InChI=1S/C7H12N3O/c1-3-5-10(4-2)7-6-8-9-11-7/h3-5H2,1-2H3. The summed E-state index contributed by atoms with van der Waals surface area (Å²) < 4.78 is 4.85. The lowest BCUT2D eigenvalue weighted by molar-refractivity contribution is 0.391. The van der Waals surface area contributed by atoms with Crippen LogP contribution in [-0.4, -0.2) is 23.5 Å². The van der Waals surface area contributed by atoms with Gasteiger partial charge in [0.15, 0.2) is 6.20 Å². The molecule has 1 heterocycles. The molecule has 0 aromatic carbocycles. The third-order valence-electron chi connectivity index (χ3n) is 1.48.